The zero-order chi connectivity index (χ0) is 14.8. The number of hydrogen-bond acceptors (Lipinski definition) is 3. The number of carbonyl (C=O) groups excluding carboxylic acids is 1. The van der Waals surface area contributed by atoms with Crippen LogP contribution in [-0.4, -0.2) is 12.7 Å². The smallest absolute Gasteiger partial charge is 0.252 e. The van der Waals surface area contributed by atoms with E-state index in [1.54, 1.807) is 0 Å². The molecule has 1 aliphatic rings. The van der Waals surface area contributed by atoms with E-state index in [0.29, 0.717) is 5.56 Å². The van der Waals surface area contributed by atoms with Crippen LogP contribution in [0.15, 0.2) is 42.5 Å². The highest BCUT2D eigenvalue weighted by Crippen LogP contribution is 2.34. The van der Waals surface area contributed by atoms with Crippen molar-refractivity contribution >= 4 is 5.91 Å². The van der Waals surface area contributed by atoms with Crippen molar-refractivity contribution in [3.05, 3.63) is 59.2 Å². The lowest BCUT2D eigenvalue weighted by molar-refractivity contribution is 0.0939. The predicted molar refractivity (Wildman–Crippen MR) is 79.6 cm³/mol. The fourth-order valence-electron chi connectivity index (χ4n) is 2.37. The molecular formula is C17H17NO3. The SMILES string of the molecule is Cc1ccccc1C(=O)N[C@@H](C)c1ccc2c(c1)OCO2. The summed E-state index contributed by atoms with van der Waals surface area (Å²) in [7, 11) is 0. The first-order chi connectivity index (χ1) is 10.1. The van der Waals surface area contributed by atoms with Crippen LogP contribution in [-0.2, 0) is 0 Å². The van der Waals surface area contributed by atoms with Crippen LogP contribution in [0.4, 0.5) is 0 Å². The molecule has 0 unspecified atom stereocenters. The van der Waals surface area contributed by atoms with Crippen molar-refractivity contribution in [3.63, 3.8) is 0 Å². The number of amides is 1. The van der Waals surface area contributed by atoms with Gasteiger partial charge >= 0.3 is 0 Å². The largest absolute Gasteiger partial charge is 0.454 e. The Morgan fingerprint density at radius 3 is 2.71 bits per heavy atom. The van der Waals surface area contributed by atoms with Gasteiger partial charge in [0.05, 0.1) is 6.04 Å². The van der Waals surface area contributed by atoms with Crippen LogP contribution in [0.1, 0.15) is 34.5 Å². The Hall–Kier alpha value is -2.49. The van der Waals surface area contributed by atoms with E-state index >= 15 is 0 Å². The number of carbonyl (C=O) groups is 1. The number of aryl methyl sites for hydroxylation is 1. The summed E-state index contributed by atoms with van der Waals surface area (Å²) in [5, 5.41) is 3.01. The molecule has 1 N–H and O–H groups in total. The number of rotatable bonds is 3. The molecular weight excluding hydrogens is 266 g/mol. The first-order valence-corrected chi connectivity index (χ1v) is 6.91. The molecule has 4 nitrogen and oxygen atoms in total. The molecule has 0 saturated carbocycles. The Kier molecular flexibility index (Phi) is 3.52. The molecule has 0 aromatic heterocycles. The van der Waals surface area contributed by atoms with Crippen LogP contribution in [0.5, 0.6) is 11.5 Å². The van der Waals surface area contributed by atoms with E-state index in [-0.39, 0.29) is 18.7 Å². The van der Waals surface area contributed by atoms with E-state index in [1.807, 2.05) is 56.3 Å². The van der Waals surface area contributed by atoms with Crippen LogP contribution in [0.2, 0.25) is 0 Å². The van der Waals surface area contributed by atoms with Crippen LogP contribution in [0.25, 0.3) is 0 Å². The van der Waals surface area contributed by atoms with Gasteiger partial charge in [-0.1, -0.05) is 24.3 Å². The minimum Gasteiger partial charge on any atom is -0.454 e. The van der Waals surface area contributed by atoms with Gasteiger partial charge in [-0.05, 0) is 43.2 Å². The van der Waals surface area contributed by atoms with E-state index in [9.17, 15) is 4.79 Å². The average molecular weight is 283 g/mol. The van der Waals surface area contributed by atoms with Gasteiger partial charge in [-0.2, -0.15) is 0 Å². The zero-order valence-electron chi connectivity index (χ0n) is 12.1. The summed E-state index contributed by atoms with van der Waals surface area (Å²) in [6, 6.07) is 13.2. The molecule has 0 radical (unpaired) electrons. The van der Waals surface area contributed by atoms with Crippen LogP contribution >= 0.6 is 0 Å². The minimum atomic E-state index is -0.105. The third kappa shape index (κ3) is 2.70. The molecule has 1 amide bonds. The normalized spacial score (nSPS) is 13.8. The summed E-state index contributed by atoms with van der Waals surface area (Å²) in [5.74, 6) is 1.40. The van der Waals surface area contributed by atoms with Crippen molar-refractivity contribution in [2.75, 3.05) is 6.79 Å². The summed E-state index contributed by atoms with van der Waals surface area (Å²) in [4.78, 5) is 12.3. The van der Waals surface area contributed by atoms with Gasteiger partial charge < -0.3 is 14.8 Å². The van der Waals surface area contributed by atoms with E-state index in [4.69, 9.17) is 9.47 Å². The molecule has 108 valence electrons. The third-order valence-corrected chi connectivity index (χ3v) is 3.63. The Morgan fingerprint density at radius 2 is 1.90 bits per heavy atom. The molecule has 0 bridgehead atoms. The zero-order valence-corrected chi connectivity index (χ0v) is 12.1. The van der Waals surface area contributed by atoms with Gasteiger partial charge in [-0.3, -0.25) is 4.79 Å². The quantitative estimate of drug-likeness (QED) is 0.941. The highest BCUT2D eigenvalue weighted by atomic mass is 16.7. The lowest BCUT2D eigenvalue weighted by Gasteiger charge is -2.15. The van der Waals surface area contributed by atoms with Crippen molar-refractivity contribution in [2.45, 2.75) is 19.9 Å². The summed E-state index contributed by atoms with van der Waals surface area (Å²) in [6.07, 6.45) is 0. The van der Waals surface area contributed by atoms with Gasteiger partial charge in [0.1, 0.15) is 0 Å². The molecule has 0 saturated heterocycles. The Balaban J connectivity index is 1.76. The Labute approximate surface area is 123 Å². The van der Waals surface area contributed by atoms with Gasteiger partial charge in [-0.25, -0.2) is 0 Å². The summed E-state index contributed by atoms with van der Waals surface area (Å²) >= 11 is 0. The van der Waals surface area contributed by atoms with Crippen molar-refractivity contribution in [1.29, 1.82) is 0 Å². The number of benzene rings is 2. The third-order valence-electron chi connectivity index (χ3n) is 3.63. The molecule has 21 heavy (non-hydrogen) atoms. The fourth-order valence-corrected chi connectivity index (χ4v) is 2.37. The number of nitrogens with one attached hydrogen (secondary N) is 1. The first kappa shape index (κ1) is 13.5. The van der Waals surface area contributed by atoms with Crippen molar-refractivity contribution in [2.24, 2.45) is 0 Å². The molecule has 1 aliphatic heterocycles. The van der Waals surface area contributed by atoms with Gasteiger partial charge in [0.25, 0.3) is 5.91 Å². The highest BCUT2D eigenvalue weighted by molar-refractivity contribution is 5.95. The lowest BCUT2D eigenvalue weighted by atomic mass is 10.1. The number of hydrogen-bond donors (Lipinski definition) is 1. The molecule has 0 spiro atoms. The second kappa shape index (κ2) is 5.48. The topological polar surface area (TPSA) is 47.6 Å². The Bertz CT molecular complexity index is 681. The van der Waals surface area contributed by atoms with E-state index in [0.717, 1.165) is 22.6 Å². The van der Waals surface area contributed by atoms with Crippen molar-refractivity contribution in [3.8, 4) is 11.5 Å². The second-order valence-electron chi connectivity index (χ2n) is 5.12. The fraction of sp³-hybridized carbons (Fsp3) is 0.235. The first-order valence-electron chi connectivity index (χ1n) is 6.91. The maximum Gasteiger partial charge on any atom is 0.252 e. The van der Waals surface area contributed by atoms with Gasteiger partial charge in [-0.15, -0.1) is 0 Å². The maximum absolute atomic E-state index is 12.3. The molecule has 2 aromatic rings. The molecule has 2 aromatic carbocycles. The minimum absolute atomic E-state index is 0.0710. The lowest BCUT2D eigenvalue weighted by Crippen LogP contribution is -2.27. The standard InChI is InChI=1S/C17H17NO3/c1-11-5-3-4-6-14(11)17(19)18-12(2)13-7-8-15-16(9-13)21-10-20-15/h3-9,12H,10H2,1-2H3,(H,18,19)/t12-/m0/s1. The number of ether oxygens (including phenoxy) is 2. The maximum atomic E-state index is 12.3. The van der Waals surface area contributed by atoms with Gasteiger partial charge in [0.15, 0.2) is 11.5 Å². The van der Waals surface area contributed by atoms with Crippen molar-refractivity contribution in [1.82, 2.24) is 5.32 Å². The van der Waals surface area contributed by atoms with Crippen LogP contribution in [0, 0.1) is 6.92 Å². The predicted octanol–water partition coefficient (Wildman–Crippen LogP) is 3.21. The van der Waals surface area contributed by atoms with Crippen molar-refractivity contribution < 1.29 is 14.3 Å². The molecule has 3 rings (SSSR count). The molecule has 0 fully saturated rings. The van der Waals surface area contributed by atoms with Gasteiger partial charge in [0.2, 0.25) is 6.79 Å². The summed E-state index contributed by atoms with van der Waals surface area (Å²) in [5.41, 5.74) is 2.65. The molecule has 1 atom stereocenters. The van der Waals surface area contributed by atoms with Crippen LogP contribution < -0.4 is 14.8 Å². The highest BCUT2D eigenvalue weighted by Gasteiger charge is 2.17. The molecule has 4 heteroatoms. The number of fused-ring (bicyclic) bond motifs is 1. The summed E-state index contributed by atoms with van der Waals surface area (Å²) in [6.45, 7) is 4.14. The molecule has 0 aliphatic carbocycles. The monoisotopic (exact) mass is 283 g/mol. The van der Waals surface area contributed by atoms with Gasteiger partial charge in [0, 0.05) is 5.56 Å². The van der Waals surface area contributed by atoms with E-state index in [2.05, 4.69) is 5.32 Å². The van der Waals surface area contributed by atoms with Crippen LogP contribution in [0.3, 0.4) is 0 Å². The average Bonchev–Trinajstić information content (AvgIpc) is 2.94. The molecule has 1 heterocycles. The van der Waals surface area contributed by atoms with E-state index < -0.39 is 0 Å². The Morgan fingerprint density at radius 1 is 1.14 bits per heavy atom. The second-order valence-corrected chi connectivity index (χ2v) is 5.12. The van der Waals surface area contributed by atoms with E-state index in [1.165, 1.54) is 0 Å². The summed E-state index contributed by atoms with van der Waals surface area (Å²) < 4.78 is 10.7.